The molecule has 1 aromatic carbocycles. The van der Waals surface area contributed by atoms with Gasteiger partial charge in [0.25, 0.3) is 20.2 Å². The minimum Gasteiger partial charge on any atom is -0.286 e. The van der Waals surface area contributed by atoms with Gasteiger partial charge in [0.15, 0.2) is 0 Å². The van der Waals surface area contributed by atoms with Crippen LogP contribution in [0.5, 0.6) is 0 Å². The molecule has 0 saturated heterocycles. The Balaban J connectivity index is 2.06. The van der Waals surface area contributed by atoms with Gasteiger partial charge >= 0.3 is 5.82 Å². The molecule has 0 unspecified atom stereocenters. The molecule has 0 spiro atoms. The predicted molar refractivity (Wildman–Crippen MR) is 109 cm³/mol. The van der Waals surface area contributed by atoms with Crippen LogP contribution in [0.15, 0.2) is 46.4 Å². The molecule has 1 aromatic heterocycles. The number of rotatable bonds is 6. The van der Waals surface area contributed by atoms with Gasteiger partial charge in [-0.05, 0) is 49.5 Å². The zero-order valence-corrected chi connectivity index (χ0v) is 18.0. The van der Waals surface area contributed by atoms with Crippen LogP contribution in [0.2, 0.25) is 0 Å². The van der Waals surface area contributed by atoms with E-state index in [1.54, 1.807) is 12.1 Å². The molecule has 0 radical (unpaired) electrons. The summed E-state index contributed by atoms with van der Waals surface area (Å²) in [5.74, 6) is 0.384. The van der Waals surface area contributed by atoms with Gasteiger partial charge in [-0.2, -0.15) is 16.8 Å². The van der Waals surface area contributed by atoms with Crippen molar-refractivity contribution in [3.8, 4) is 11.1 Å². The summed E-state index contributed by atoms with van der Waals surface area (Å²) in [6.45, 7) is 6.37. The average Bonchev–Trinajstić information content (AvgIpc) is 2.83. The van der Waals surface area contributed by atoms with Crippen molar-refractivity contribution >= 4 is 31.8 Å². The molecule has 2 N–H and O–H groups in total. The Morgan fingerprint density at radius 1 is 1.03 bits per heavy atom. The van der Waals surface area contributed by atoms with Crippen LogP contribution in [0.25, 0.3) is 11.1 Å². The lowest BCUT2D eigenvalue weighted by atomic mass is 9.82. The molecule has 0 atom stereocenters. The second-order valence-corrected chi connectivity index (χ2v) is 10.6. The lowest BCUT2D eigenvalue weighted by Gasteiger charge is -2.17. The summed E-state index contributed by atoms with van der Waals surface area (Å²) in [6.07, 6.45) is 2.04. The third-order valence-corrected chi connectivity index (χ3v) is 6.92. The fourth-order valence-electron chi connectivity index (χ4n) is 3.28. The SMILES string of the molecule is CC1=Nc2c(cc(-c3ccc(S(=O)(=O)O)cc3)c[n+]2CCCS(=O)(=O)O)C1(C)C. The van der Waals surface area contributed by atoms with E-state index in [2.05, 4.69) is 4.99 Å². The number of hydrogen-bond acceptors (Lipinski definition) is 5. The predicted octanol–water partition coefficient (Wildman–Crippen LogP) is 2.55. The first-order valence-corrected chi connectivity index (χ1v) is 12.0. The lowest BCUT2D eigenvalue weighted by Crippen LogP contribution is -2.36. The summed E-state index contributed by atoms with van der Waals surface area (Å²) in [6, 6.07) is 7.84. The number of benzene rings is 1. The molecule has 0 aliphatic carbocycles. The maximum atomic E-state index is 11.3. The molecule has 0 bridgehead atoms. The van der Waals surface area contributed by atoms with Gasteiger partial charge in [0.2, 0.25) is 0 Å². The van der Waals surface area contributed by atoms with Gasteiger partial charge in [0, 0.05) is 12.0 Å². The first kappa shape index (κ1) is 21.6. The molecule has 2 heterocycles. The Bertz CT molecular complexity index is 1200. The van der Waals surface area contributed by atoms with Crippen molar-refractivity contribution in [2.45, 2.75) is 44.0 Å². The number of aliphatic imine (C=N–C) groups is 1. The standard InChI is InChI=1S/C19H22N2O6S2/c1-13-19(2,3)17-11-15(14-5-7-16(8-6-14)29(25,26)27)12-21(18(17)20-13)9-4-10-28(22,23)24/h5-8,11-12H,4,9-10H2,1-3H3,(H-,22,23,24,25,26,27)/p+1. The van der Waals surface area contributed by atoms with Crippen molar-refractivity contribution < 1.29 is 30.5 Å². The fraction of sp³-hybridized carbons (Fsp3) is 0.368. The Hall–Kier alpha value is -2.14. The van der Waals surface area contributed by atoms with E-state index >= 15 is 0 Å². The summed E-state index contributed by atoms with van der Waals surface area (Å²) in [5.41, 5.74) is 3.12. The molecule has 0 amide bonds. The van der Waals surface area contributed by atoms with Crippen LogP contribution >= 0.6 is 0 Å². The molecule has 1 aliphatic rings. The van der Waals surface area contributed by atoms with Crippen molar-refractivity contribution in [3.63, 3.8) is 0 Å². The highest BCUT2D eigenvalue weighted by atomic mass is 32.2. The second-order valence-electron chi connectivity index (χ2n) is 7.62. The van der Waals surface area contributed by atoms with E-state index in [1.165, 1.54) is 12.1 Å². The zero-order chi connectivity index (χ0) is 21.6. The summed E-state index contributed by atoms with van der Waals surface area (Å²) >= 11 is 0. The highest BCUT2D eigenvalue weighted by Gasteiger charge is 2.41. The molecule has 0 fully saturated rings. The number of nitrogens with zero attached hydrogens (tertiary/aromatic N) is 2. The summed E-state index contributed by atoms with van der Waals surface area (Å²) in [5, 5.41) is 0. The summed E-state index contributed by atoms with van der Waals surface area (Å²) in [7, 11) is -8.33. The second kappa shape index (κ2) is 7.28. The molecular formula is C19H23N2O6S2+. The van der Waals surface area contributed by atoms with Gasteiger partial charge in [-0.25, -0.2) is 4.57 Å². The van der Waals surface area contributed by atoms with E-state index in [0.717, 1.165) is 28.2 Å². The van der Waals surface area contributed by atoms with Gasteiger partial charge in [0.1, 0.15) is 5.71 Å². The third-order valence-electron chi connectivity index (χ3n) is 5.25. The van der Waals surface area contributed by atoms with Crippen LogP contribution in [0, 0.1) is 0 Å². The number of pyridine rings is 1. The van der Waals surface area contributed by atoms with Crippen molar-refractivity contribution in [1.82, 2.24) is 0 Å². The summed E-state index contributed by atoms with van der Waals surface area (Å²) < 4.78 is 64.7. The fourth-order valence-corrected chi connectivity index (χ4v) is 4.26. The van der Waals surface area contributed by atoms with Crippen molar-refractivity contribution in [1.29, 1.82) is 0 Å². The zero-order valence-electron chi connectivity index (χ0n) is 16.3. The Labute approximate surface area is 170 Å². The van der Waals surface area contributed by atoms with E-state index in [1.807, 2.05) is 37.6 Å². The van der Waals surface area contributed by atoms with Gasteiger partial charge in [-0.1, -0.05) is 12.1 Å². The molecule has 156 valence electrons. The Morgan fingerprint density at radius 3 is 2.21 bits per heavy atom. The maximum absolute atomic E-state index is 11.3. The van der Waals surface area contributed by atoms with E-state index in [4.69, 9.17) is 9.11 Å². The van der Waals surface area contributed by atoms with E-state index < -0.39 is 20.2 Å². The highest BCUT2D eigenvalue weighted by Crippen LogP contribution is 2.39. The van der Waals surface area contributed by atoms with E-state index in [0.29, 0.717) is 6.54 Å². The minimum atomic E-state index is -4.28. The van der Waals surface area contributed by atoms with Crippen LogP contribution in [-0.2, 0) is 32.2 Å². The first-order valence-electron chi connectivity index (χ1n) is 8.96. The van der Waals surface area contributed by atoms with Crippen LogP contribution in [0.1, 0.15) is 32.8 Å². The molecule has 29 heavy (non-hydrogen) atoms. The quantitative estimate of drug-likeness (QED) is 0.526. The van der Waals surface area contributed by atoms with Crippen LogP contribution in [0.4, 0.5) is 5.82 Å². The number of aryl methyl sites for hydroxylation is 1. The topological polar surface area (TPSA) is 125 Å². The van der Waals surface area contributed by atoms with Crippen LogP contribution in [0.3, 0.4) is 0 Å². The van der Waals surface area contributed by atoms with E-state index in [9.17, 15) is 16.8 Å². The van der Waals surface area contributed by atoms with Gasteiger partial charge in [0.05, 0.1) is 34.4 Å². The van der Waals surface area contributed by atoms with Crippen molar-refractivity contribution in [3.05, 3.63) is 42.1 Å². The van der Waals surface area contributed by atoms with Gasteiger partial charge < -0.3 is 0 Å². The summed E-state index contributed by atoms with van der Waals surface area (Å²) in [4.78, 5) is 4.46. The number of fused-ring (bicyclic) bond motifs is 1. The Morgan fingerprint density at radius 2 is 1.66 bits per heavy atom. The van der Waals surface area contributed by atoms with Gasteiger partial charge in [-0.15, -0.1) is 0 Å². The van der Waals surface area contributed by atoms with Crippen LogP contribution in [-0.4, -0.2) is 37.4 Å². The molecular weight excluding hydrogens is 416 g/mol. The molecule has 3 rings (SSSR count). The highest BCUT2D eigenvalue weighted by molar-refractivity contribution is 7.86. The van der Waals surface area contributed by atoms with Crippen molar-refractivity contribution in [2.75, 3.05) is 5.75 Å². The molecule has 0 saturated carbocycles. The molecule has 1 aliphatic heterocycles. The number of aromatic nitrogens is 1. The maximum Gasteiger partial charge on any atom is 0.327 e. The smallest absolute Gasteiger partial charge is 0.286 e. The van der Waals surface area contributed by atoms with Crippen LogP contribution < -0.4 is 4.57 Å². The molecule has 2 aromatic rings. The first-order chi connectivity index (χ1) is 13.3. The largest absolute Gasteiger partial charge is 0.327 e. The Kier molecular flexibility index (Phi) is 5.41. The van der Waals surface area contributed by atoms with Gasteiger partial charge in [-0.3, -0.25) is 9.11 Å². The third kappa shape index (κ3) is 4.55. The number of hydrogen-bond donors (Lipinski definition) is 2. The minimum absolute atomic E-state index is 0.192. The lowest BCUT2D eigenvalue weighted by molar-refractivity contribution is -0.683. The van der Waals surface area contributed by atoms with E-state index in [-0.39, 0.29) is 22.5 Å². The molecule has 8 nitrogen and oxygen atoms in total. The molecule has 10 heteroatoms. The normalized spacial score (nSPS) is 15.8. The average molecular weight is 440 g/mol. The van der Waals surface area contributed by atoms with Crippen molar-refractivity contribution in [2.24, 2.45) is 4.99 Å². The monoisotopic (exact) mass is 439 g/mol.